The van der Waals surface area contributed by atoms with Gasteiger partial charge in [-0.2, -0.15) is 5.10 Å². The molecule has 1 unspecified atom stereocenters. The van der Waals surface area contributed by atoms with Crippen LogP contribution in [0.15, 0.2) is 6.07 Å². The fourth-order valence-corrected chi connectivity index (χ4v) is 1.62. The van der Waals surface area contributed by atoms with Crippen LogP contribution in [0.1, 0.15) is 18.3 Å². The lowest BCUT2D eigenvalue weighted by molar-refractivity contribution is 0.107. The lowest BCUT2D eigenvalue weighted by atomic mass is 10.2. The van der Waals surface area contributed by atoms with Crippen molar-refractivity contribution in [2.24, 2.45) is 5.92 Å². The first-order valence-corrected chi connectivity index (χ1v) is 5.60. The third-order valence-electron chi connectivity index (χ3n) is 2.39. The third-order valence-corrected chi connectivity index (χ3v) is 2.39. The number of aryl methyl sites for hydroxylation is 2. The molecular weight excluding hydrogens is 220 g/mol. The van der Waals surface area contributed by atoms with E-state index in [2.05, 4.69) is 27.7 Å². The molecule has 0 aliphatic heterocycles. The van der Waals surface area contributed by atoms with Gasteiger partial charge in [-0.05, 0) is 25.8 Å². The van der Waals surface area contributed by atoms with E-state index in [1.165, 1.54) is 7.11 Å². The Balaban J connectivity index is 2.37. The van der Waals surface area contributed by atoms with Crippen LogP contribution in [0.3, 0.4) is 0 Å². The summed E-state index contributed by atoms with van der Waals surface area (Å²) in [4.78, 5) is 15.6. The van der Waals surface area contributed by atoms with Crippen LogP contribution in [0.4, 0.5) is 4.79 Å². The van der Waals surface area contributed by atoms with Crippen LogP contribution in [0, 0.1) is 19.8 Å². The van der Waals surface area contributed by atoms with Crippen LogP contribution in [-0.2, 0) is 11.4 Å². The minimum atomic E-state index is -0.326. The zero-order valence-electron chi connectivity index (χ0n) is 10.8. The van der Waals surface area contributed by atoms with Crippen molar-refractivity contribution in [1.29, 1.82) is 0 Å². The summed E-state index contributed by atoms with van der Waals surface area (Å²) >= 11 is 0. The normalized spacial score (nSPS) is 12.2. The zero-order chi connectivity index (χ0) is 12.8. The van der Waals surface area contributed by atoms with Crippen LogP contribution >= 0.6 is 0 Å². The maximum atomic E-state index is 11.1. The fraction of sp³-hybridized carbons (Fsp3) is 0.636. The number of rotatable bonds is 5. The van der Waals surface area contributed by atoms with Gasteiger partial charge in [-0.3, -0.25) is 9.52 Å². The van der Waals surface area contributed by atoms with Crippen molar-refractivity contribution in [2.45, 2.75) is 27.3 Å². The Hall–Kier alpha value is -1.56. The molecule has 17 heavy (non-hydrogen) atoms. The molecule has 2 N–H and O–H groups in total. The van der Waals surface area contributed by atoms with E-state index >= 15 is 0 Å². The molecule has 2 amide bonds. The Labute approximate surface area is 101 Å². The number of hydrogen-bond donors (Lipinski definition) is 2. The van der Waals surface area contributed by atoms with E-state index in [1.807, 2.05) is 24.6 Å². The summed E-state index contributed by atoms with van der Waals surface area (Å²) in [5.74, 6) is 0.301. The Bertz CT molecular complexity index is 376. The van der Waals surface area contributed by atoms with Crippen LogP contribution < -0.4 is 10.8 Å². The largest absolute Gasteiger partial charge is 0.338 e. The topological polar surface area (TPSA) is 68.2 Å². The van der Waals surface area contributed by atoms with Gasteiger partial charge in [-0.25, -0.2) is 10.3 Å². The van der Waals surface area contributed by atoms with Crippen LogP contribution in [0.5, 0.6) is 0 Å². The number of hydrogen-bond acceptors (Lipinski definition) is 3. The SMILES string of the molecule is CONC(=O)NCC(C)Cn1nc(C)cc1C. The molecule has 0 aromatic carbocycles. The molecule has 0 bridgehead atoms. The molecule has 1 aromatic heterocycles. The summed E-state index contributed by atoms with van der Waals surface area (Å²) in [6, 6.07) is 1.71. The monoisotopic (exact) mass is 240 g/mol. The molecule has 1 aromatic rings. The lowest BCUT2D eigenvalue weighted by Crippen LogP contribution is -2.38. The predicted octanol–water partition coefficient (Wildman–Crippen LogP) is 0.997. The first-order chi connectivity index (χ1) is 8.02. The van der Waals surface area contributed by atoms with Gasteiger partial charge in [-0.15, -0.1) is 0 Å². The molecule has 0 aliphatic carbocycles. The summed E-state index contributed by atoms with van der Waals surface area (Å²) < 4.78 is 1.95. The van der Waals surface area contributed by atoms with Crippen molar-refractivity contribution in [3.63, 3.8) is 0 Å². The number of nitrogens with zero attached hydrogens (tertiary/aromatic N) is 2. The minimum absolute atomic E-state index is 0.301. The maximum Gasteiger partial charge on any atom is 0.338 e. The molecule has 6 heteroatoms. The van der Waals surface area contributed by atoms with Crippen LogP contribution in [-0.4, -0.2) is 29.5 Å². The smallest absolute Gasteiger partial charge is 0.336 e. The molecule has 0 spiro atoms. The highest BCUT2D eigenvalue weighted by Crippen LogP contribution is 2.05. The molecule has 96 valence electrons. The summed E-state index contributed by atoms with van der Waals surface area (Å²) in [5.41, 5.74) is 4.36. The Morgan fingerprint density at radius 3 is 2.82 bits per heavy atom. The second-order valence-electron chi connectivity index (χ2n) is 4.23. The predicted molar refractivity (Wildman–Crippen MR) is 64.4 cm³/mol. The number of amides is 2. The third kappa shape index (κ3) is 4.44. The van der Waals surface area contributed by atoms with E-state index in [0.29, 0.717) is 12.5 Å². The lowest BCUT2D eigenvalue weighted by Gasteiger charge is -2.13. The summed E-state index contributed by atoms with van der Waals surface area (Å²) in [5, 5.41) is 7.09. The Morgan fingerprint density at radius 2 is 2.29 bits per heavy atom. The second-order valence-corrected chi connectivity index (χ2v) is 4.23. The van der Waals surface area contributed by atoms with Gasteiger partial charge in [0.15, 0.2) is 0 Å². The molecular formula is C11H20N4O2. The Kier molecular flexibility index (Phi) is 4.96. The fourth-order valence-electron chi connectivity index (χ4n) is 1.62. The maximum absolute atomic E-state index is 11.1. The highest BCUT2D eigenvalue weighted by atomic mass is 16.6. The van der Waals surface area contributed by atoms with Gasteiger partial charge in [0, 0.05) is 18.8 Å². The summed E-state index contributed by atoms with van der Waals surface area (Å²) in [6.07, 6.45) is 0. The van der Waals surface area contributed by atoms with Gasteiger partial charge in [-0.1, -0.05) is 6.92 Å². The van der Waals surface area contributed by atoms with Crippen molar-refractivity contribution < 1.29 is 9.63 Å². The zero-order valence-corrected chi connectivity index (χ0v) is 10.8. The number of aromatic nitrogens is 2. The van der Waals surface area contributed by atoms with Crippen molar-refractivity contribution in [2.75, 3.05) is 13.7 Å². The van der Waals surface area contributed by atoms with E-state index < -0.39 is 0 Å². The van der Waals surface area contributed by atoms with Gasteiger partial charge in [0.25, 0.3) is 0 Å². The molecule has 0 fully saturated rings. The molecule has 0 radical (unpaired) electrons. The number of nitrogens with one attached hydrogen (secondary N) is 2. The standard InChI is InChI=1S/C11H20N4O2/c1-8(6-12-11(16)14-17-4)7-15-10(3)5-9(2)13-15/h5,8H,6-7H2,1-4H3,(H2,12,14,16). The summed E-state index contributed by atoms with van der Waals surface area (Å²) in [7, 11) is 1.40. The van der Waals surface area contributed by atoms with Crippen molar-refractivity contribution in [3.05, 3.63) is 17.5 Å². The highest BCUT2D eigenvalue weighted by Gasteiger charge is 2.08. The first kappa shape index (κ1) is 13.5. The molecule has 0 aliphatic rings. The Morgan fingerprint density at radius 1 is 1.59 bits per heavy atom. The number of hydroxylamine groups is 1. The summed E-state index contributed by atoms with van der Waals surface area (Å²) in [6.45, 7) is 7.42. The number of urea groups is 1. The van der Waals surface area contributed by atoms with Crippen LogP contribution in [0.25, 0.3) is 0 Å². The number of carbonyl (C=O) groups is 1. The van der Waals surface area contributed by atoms with Gasteiger partial charge >= 0.3 is 6.03 Å². The van der Waals surface area contributed by atoms with Gasteiger partial charge in [0.05, 0.1) is 12.8 Å². The average Bonchev–Trinajstić information content (AvgIpc) is 2.55. The van der Waals surface area contributed by atoms with Crippen molar-refractivity contribution in [3.8, 4) is 0 Å². The average molecular weight is 240 g/mol. The molecule has 0 saturated carbocycles. The van der Waals surface area contributed by atoms with Gasteiger partial charge < -0.3 is 5.32 Å². The van der Waals surface area contributed by atoms with Crippen molar-refractivity contribution >= 4 is 6.03 Å². The van der Waals surface area contributed by atoms with E-state index in [4.69, 9.17) is 0 Å². The number of carbonyl (C=O) groups excluding carboxylic acids is 1. The molecule has 1 heterocycles. The molecule has 0 saturated heterocycles. The van der Waals surface area contributed by atoms with E-state index in [0.717, 1.165) is 17.9 Å². The molecule has 6 nitrogen and oxygen atoms in total. The van der Waals surface area contributed by atoms with Crippen LogP contribution in [0.2, 0.25) is 0 Å². The quantitative estimate of drug-likeness (QED) is 0.754. The van der Waals surface area contributed by atoms with E-state index in [1.54, 1.807) is 0 Å². The van der Waals surface area contributed by atoms with Crippen molar-refractivity contribution in [1.82, 2.24) is 20.6 Å². The van der Waals surface area contributed by atoms with E-state index in [-0.39, 0.29) is 6.03 Å². The molecule has 1 atom stereocenters. The van der Waals surface area contributed by atoms with E-state index in [9.17, 15) is 4.79 Å². The van der Waals surface area contributed by atoms with Gasteiger partial charge in [0.1, 0.15) is 0 Å². The highest BCUT2D eigenvalue weighted by molar-refractivity contribution is 5.72. The first-order valence-electron chi connectivity index (χ1n) is 5.60. The van der Waals surface area contributed by atoms with Gasteiger partial charge in [0.2, 0.25) is 0 Å². The second kappa shape index (κ2) is 6.24. The molecule has 1 rings (SSSR count). The minimum Gasteiger partial charge on any atom is -0.336 e.